The van der Waals surface area contributed by atoms with Gasteiger partial charge in [0.1, 0.15) is 24.5 Å². The first-order valence-corrected chi connectivity index (χ1v) is 15.3. The number of aromatic nitrogens is 1. The van der Waals surface area contributed by atoms with E-state index in [-0.39, 0.29) is 23.1 Å². The van der Waals surface area contributed by atoms with E-state index in [0.717, 1.165) is 5.30 Å². The highest BCUT2D eigenvalue weighted by molar-refractivity contribution is 7.78. The molecule has 4 rings (SSSR count). The number of halogens is 1. The molecule has 0 fully saturated rings. The topological polar surface area (TPSA) is 107 Å². The minimum atomic E-state index is -2.87. The number of allylic oxidation sites excluding steroid dienone is 1. The molecule has 41 heavy (non-hydrogen) atoms. The van der Waals surface area contributed by atoms with Gasteiger partial charge >= 0.3 is 0 Å². The smallest absolute Gasteiger partial charge is 0.228 e. The maximum absolute atomic E-state index is 15.4. The minimum Gasteiger partial charge on any atom is -0.456 e. The molecule has 1 atom stereocenters. The molecule has 1 heterocycles. The molecule has 3 aromatic carbocycles. The van der Waals surface area contributed by atoms with Gasteiger partial charge in [0.15, 0.2) is 0 Å². The lowest BCUT2D eigenvalue weighted by Crippen LogP contribution is -2.27. The number of hydrogen-bond acceptors (Lipinski definition) is 6. The number of benzene rings is 3. The Morgan fingerprint density at radius 1 is 1.07 bits per heavy atom. The fourth-order valence-electron chi connectivity index (χ4n) is 4.17. The summed E-state index contributed by atoms with van der Waals surface area (Å²) in [5, 5.41) is 4.73. The molecule has 0 aliphatic carbocycles. The number of fused-ring (bicyclic) bond motifs is 1. The van der Waals surface area contributed by atoms with E-state index in [2.05, 4.69) is 15.3 Å². The number of pyridine rings is 1. The van der Waals surface area contributed by atoms with E-state index in [1.54, 1.807) is 31.9 Å². The van der Waals surface area contributed by atoms with E-state index in [0.29, 0.717) is 33.4 Å². The van der Waals surface area contributed by atoms with Crippen molar-refractivity contribution in [2.24, 2.45) is 10.7 Å². The van der Waals surface area contributed by atoms with Crippen LogP contribution in [0.4, 0.5) is 4.39 Å². The Morgan fingerprint density at radius 3 is 2.49 bits per heavy atom. The van der Waals surface area contributed by atoms with Crippen LogP contribution in [0, 0.1) is 12.7 Å². The normalized spacial score (nSPS) is 13.8. The first-order valence-electron chi connectivity index (χ1n) is 13.1. The summed E-state index contributed by atoms with van der Waals surface area (Å²) >= 11 is 0. The van der Waals surface area contributed by atoms with Gasteiger partial charge in [-0.15, -0.1) is 0 Å². The second-order valence-electron chi connectivity index (χ2n) is 10.8. The number of carbonyl (C=O) groups excluding carboxylic acids is 1. The first-order chi connectivity index (χ1) is 19.4. The number of amides is 1. The molecular formula is C32H34FN4O3P. The summed E-state index contributed by atoms with van der Waals surface area (Å²) in [7, 11) is -2.87. The number of carbonyl (C=O) groups is 1. The number of rotatable bonds is 8. The highest BCUT2D eigenvalue weighted by atomic mass is 31.2. The number of ether oxygens (including phenoxy) is 1. The van der Waals surface area contributed by atoms with Crippen LogP contribution >= 0.6 is 7.14 Å². The van der Waals surface area contributed by atoms with Crippen LogP contribution in [0.5, 0.6) is 11.5 Å². The molecule has 1 amide bonds. The van der Waals surface area contributed by atoms with Crippen molar-refractivity contribution in [1.29, 1.82) is 0 Å². The van der Waals surface area contributed by atoms with Crippen LogP contribution in [-0.2, 0) is 15.8 Å². The molecule has 0 aliphatic rings. The lowest BCUT2D eigenvalue weighted by molar-refractivity contribution is -0.119. The van der Waals surface area contributed by atoms with E-state index in [1.165, 1.54) is 18.5 Å². The average molecular weight is 573 g/mol. The molecule has 0 radical (unpaired) electrons. The van der Waals surface area contributed by atoms with Gasteiger partial charge in [-0.05, 0) is 70.3 Å². The molecule has 0 saturated carbocycles. The van der Waals surface area contributed by atoms with E-state index < -0.39 is 18.9 Å². The molecule has 7 nitrogen and oxygen atoms in total. The summed E-state index contributed by atoms with van der Waals surface area (Å²) in [4.78, 5) is 21.4. The molecule has 212 valence electrons. The Hall–Kier alpha value is -4.29. The van der Waals surface area contributed by atoms with Crippen molar-refractivity contribution >= 4 is 40.8 Å². The molecule has 1 unspecified atom stereocenters. The largest absolute Gasteiger partial charge is 0.456 e. The van der Waals surface area contributed by atoms with Crippen molar-refractivity contribution in [3.05, 3.63) is 102 Å². The van der Waals surface area contributed by atoms with Crippen molar-refractivity contribution < 1.29 is 18.5 Å². The number of nitrogens with zero attached hydrogens (tertiary/aromatic N) is 2. The maximum atomic E-state index is 15.4. The second-order valence-corrected chi connectivity index (χ2v) is 13.7. The van der Waals surface area contributed by atoms with Gasteiger partial charge in [0.25, 0.3) is 0 Å². The van der Waals surface area contributed by atoms with Crippen LogP contribution in [0.25, 0.3) is 10.9 Å². The third-order valence-electron chi connectivity index (χ3n) is 6.47. The van der Waals surface area contributed by atoms with Gasteiger partial charge in [0.2, 0.25) is 5.91 Å². The summed E-state index contributed by atoms with van der Waals surface area (Å²) < 4.78 is 35.3. The van der Waals surface area contributed by atoms with E-state index in [4.69, 9.17) is 10.5 Å². The van der Waals surface area contributed by atoms with Gasteiger partial charge in [-0.3, -0.25) is 14.8 Å². The van der Waals surface area contributed by atoms with Gasteiger partial charge in [0, 0.05) is 40.2 Å². The van der Waals surface area contributed by atoms with Crippen molar-refractivity contribution in [2.75, 3.05) is 6.66 Å². The molecule has 0 saturated heterocycles. The van der Waals surface area contributed by atoms with E-state index in [9.17, 15) is 9.36 Å². The quantitative estimate of drug-likeness (QED) is 0.207. The van der Waals surface area contributed by atoms with Gasteiger partial charge < -0.3 is 20.4 Å². The average Bonchev–Trinajstić information content (AvgIpc) is 2.95. The molecule has 1 aromatic heterocycles. The summed E-state index contributed by atoms with van der Waals surface area (Å²) in [5.41, 5.74) is 6.74. The molecule has 0 bridgehead atoms. The van der Waals surface area contributed by atoms with Crippen molar-refractivity contribution in [1.82, 2.24) is 10.3 Å². The van der Waals surface area contributed by atoms with Crippen molar-refractivity contribution in [2.45, 2.75) is 39.7 Å². The second kappa shape index (κ2) is 12.1. The minimum absolute atomic E-state index is 0.194. The monoisotopic (exact) mass is 572 g/mol. The Kier molecular flexibility index (Phi) is 8.74. The summed E-state index contributed by atoms with van der Waals surface area (Å²) in [6, 6.07) is 19.6. The Labute approximate surface area is 239 Å². The van der Waals surface area contributed by atoms with Crippen LogP contribution in [0.3, 0.4) is 0 Å². The molecule has 4 aromatic rings. The van der Waals surface area contributed by atoms with Crippen molar-refractivity contribution in [3.63, 3.8) is 0 Å². The fourth-order valence-corrected chi connectivity index (χ4v) is 5.95. The van der Waals surface area contributed by atoms with E-state index in [1.807, 2.05) is 69.3 Å². The predicted molar refractivity (Wildman–Crippen MR) is 165 cm³/mol. The third kappa shape index (κ3) is 7.08. The number of nitrogens with two attached hydrogens (primary N) is 1. The van der Waals surface area contributed by atoms with Gasteiger partial charge in [-0.1, -0.05) is 36.4 Å². The Morgan fingerprint density at radius 2 is 1.80 bits per heavy atom. The van der Waals surface area contributed by atoms with Crippen LogP contribution < -0.4 is 26.4 Å². The summed E-state index contributed by atoms with van der Waals surface area (Å²) in [6.07, 6.45) is 4.14. The zero-order valence-electron chi connectivity index (χ0n) is 23.8. The Balaban J connectivity index is 1.58. The molecule has 0 spiro atoms. The van der Waals surface area contributed by atoms with Crippen LogP contribution in [0.1, 0.15) is 31.9 Å². The Bertz CT molecular complexity index is 1700. The highest BCUT2D eigenvalue weighted by Crippen LogP contribution is 2.40. The lowest BCUT2D eigenvalue weighted by Gasteiger charge is -2.16. The third-order valence-corrected chi connectivity index (χ3v) is 9.02. The van der Waals surface area contributed by atoms with Crippen LogP contribution in [0.15, 0.2) is 89.8 Å². The van der Waals surface area contributed by atoms with Crippen molar-refractivity contribution in [3.8, 4) is 11.5 Å². The van der Waals surface area contributed by atoms with Crippen LogP contribution in [0.2, 0.25) is 0 Å². The van der Waals surface area contributed by atoms with Gasteiger partial charge in [-0.25, -0.2) is 4.39 Å². The zero-order chi connectivity index (χ0) is 29.8. The first kappa shape index (κ1) is 29.7. The molecular weight excluding hydrogens is 538 g/mol. The SMILES string of the molecule is Cc1c(Oc2ccnc3ccc(P(C)(=O)c4ccccc4)cc23)ccc(CC(=O)N/C(C=NC(C)(C)C)=C/N)c1F. The molecule has 9 heteroatoms. The van der Waals surface area contributed by atoms with Gasteiger partial charge in [0.05, 0.1) is 23.2 Å². The van der Waals surface area contributed by atoms with E-state index >= 15 is 4.39 Å². The summed E-state index contributed by atoms with van der Waals surface area (Å²) in [5.74, 6) is -0.217. The zero-order valence-corrected chi connectivity index (χ0v) is 24.7. The predicted octanol–water partition coefficient (Wildman–Crippen LogP) is 5.75. The lowest BCUT2D eigenvalue weighted by atomic mass is 10.1. The number of hydrogen-bond donors (Lipinski definition) is 2. The number of nitrogens with one attached hydrogen (secondary N) is 1. The maximum Gasteiger partial charge on any atom is 0.228 e. The highest BCUT2D eigenvalue weighted by Gasteiger charge is 2.22. The molecule has 0 aliphatic heterocycles. The standard InChI is InChI=1S/C32H34FN4O3P/c1-21-28(14-11-22(31(21)33)17-30(38)37-23(19-34)20-36-32(2,3)4)40-29-15-16-35-27-13-12-25(18-26(27)29)41(5,39)24-9-7-6-8-10-24/h6-16,18-20H,17,34H2,1-5H3,(H,37,38)/b23-19+,36-20?. The van der Waals surface area contributed by atoms with Crippen LogP contribution in [-0.4, -0.2) is 29.3 Å². The van der Waals surface area contributed by atoms with Gasteiger partial charge in [-0.2, -0.15) is 0 Å². The summed E-state index contributed by atoms with van der Waals surface area (Å²) in [6.45, 7) is 9.09. The molecule has 3 N–H and O–H groups in total. The fraction of sp³-hybridized carbons (Fsp3) is 0.219. The number of aliphatic imine (C=N–C) groups is 1.